The van der Waals surface area contributed by atoms with Crippen LogP contribution in [0, 0.1) is 34.7 Å². The normalized spacial score (nSPS) is 13.0. The van der Waals surface area contributed by atoms with E-state index in [1.165, 1.54) is 6.07 Å². The minimum Gasteiger partial charge on any atom is -0.460 e. The Labute approximate surface area is 236 Å². The van der Waals surface area contributed by atoms with Crippen LogP contribution in [0.2, 0.25) is 0 Å². The van der Waals surface area contributed by atoms with Gasteiger partial charge in [-0.1, -0.05) is 19.1 Å². The molecule has 4 rings (SSSR count). The number of fused-ring (bicyclic) bond motifs is 1. The van der Waals surface area contributed by atoms with Gasteiger partial charge in [-0.2, -0.15) is 10.4 Å². The van der Waals surface area contributed by atoms with Crippen LogP contribution in [0.5, 0.6) is 0 Å². The molecule has 2 N–H and O–H groups in total. The molecule has 0 unspecified atom stereocenters. The van der Waals surface area contributed by atoms with E-state index >= 15 is 4.39 Å². The van der Waals surface area contributed by atoms with Gasteiger partial charge in [0, 0.05) is 11.9 Å². The van der Waals surface area contributed by atoms with E-state index in [1.54, 1.807) is 40.0 Å². The summed E-state index contributed by atoms with van der Waals surface area (Å²) in [5, 5.41) is 20.9. The molecule has 0 aliphatic carbocycles. The number of carbonyl (C=O) groups excluding carboxylic acids is 1. The van der Waals surface area contributed by atoms with Crippen LogP contribution in [0.3, 0.4) is 0 Å². The number of nitrogens with one attached hydrogen (secondary N) is 2. The minimum atomic E-state index is -1.09. The maximum Gasteiger partial charge on any atom is 0.306 e. The number of nitrogens with zero attached hydrogens (tertiary/aromatic N) is 4. The monoisotopic (exact) mass is 564 g/mol. The summed E-state index contributed by atoms with van der Waals surface area (Å²) in [4.78, 5) is 17.0. The average Bonchev–Trinajstić information content (AvgIpc) is 3.33. The van der Waals surface area contributed by atoms with Gasteiger partial charge in [-0.15, -0.1) is 0 Å². The Kier molecular flexibility index (Phi) is 8.52. The third-order valence-electron chi connectivity index (χ3n) is 6.41. The lowest BCUT2D eigenvalue weighted by atomic mass is 9.91. The zero-order chi connectivity index (χ0) is 29.9. The Bertz CT molecular complexity index is 1620. The van der Waals surface area contributed by atoms with Gasteiger partial charge < -0.3 is 15.4 Å². The van der Waals surface area contributed by atoms with Crippen molar-refractivity contribution in [3.63, 3.8) is 0 Å². The first kappa shape index (κ1) is 29.4. The van der Waals surface area contributed by atoms with Crippen LogP contribution in [0.4, 0.5) is 30.5 Å². The third-order valence-corrected chi connectivity index (χ3v) is 6.41. The van der Waals surface area contributed by atoms with E-state index in [0.29, 0.717) is 12.2 Å². The van der Waals surface area contributed by atoms with Gasteiger partial charge in [0.2, 0.25) is 0 Å². The second kappa shape index (κ2) is 11.9. The fraction of sp³-hybridized carbons (Fsp3) is 0.333. The molecule has 11 heteroatoms. The number of esters is 1. The standard InChI is InChI=1S/C30H31F3N6O2/c1-6-39-25-9-7-8-24(20(25)16-35-39)36-28-19(15-34)14-23(33)29(38-28)37-27(18-10-11-21(31)22(32)13-18)17(2)12-26(40)41-30(3,4)5/h7-11,13-14,16-17,27H,6,12H2,1-5H3,(H2,36,37,38)/t17-,27+/m1/s1. The number of aromatic nitrogens is 3. The van der Waals surface area contributed by atoms with E-state index in [0.717, 1.165) is 29.1 Å². The number of hydrogen-bond acceptors (Lipinski definition) is 7. The zero-order valence-corrected chi connectivity index (χ0v) is 23.4. The van der Waals surface area contributed by atoms with E-state index in [4.69, 9.17) is 4.74 Å². The van der Waals surface area contributed by atoms with E-state index in [1.807, 2.05) is 29.8 Å². The van der Waals surface area contributed by atoms with Gasteiger partial charge in [0.25, 0.3) is 0 Å². The van der Waals surface area contributed by atoms with Crippen molar-refractivity contribution in [2.75, 3.05) is 10.6 Å². The van der Waals surface area contributed by atoms with Crippen LogP contribution in [0.1, 0.15) is 58.2 Å². The second-order valence-corrected chi connectivity index (χ2v) is 10.7. The first-order chi connectivity index (χ1) is 19.4. The average molecular weight is 565 g/mol. The molecule has 0 amide bonds. The SMILES string of the molecule is CCn1ncc2c(Nc3nc(N[C@H](c4ccc(F)c(F)c4)[C@H](C)CC(=O)OC(C)(C)C)c(F)cc3C#N)cccc21. The molecular formula is C30H31F3N6O2. The van der Waals surface area contributed by atoms with Crippen molar-refractivity contribution in [1.82, 2.24) is 14.8 Å². The number of hydrogen-bond donors (Lipinski definition) is 2. The van der Waals surface area contributed by atoms with Gasteiger partial charge in [0.1, 0.15) is 11.7 Å². The topological polar surface area (TPSA) is 105 Å². The molecule has 0 radical (unpaired) electrons. The first-order valence-electron chi connectivity index (χ1n) is 13.2. The molecule has 0 saturated carbocycles. The van der Waals surface area contributed by atoms with Crippen LogP contribution in [-0.4, -0.2) is 26.3 Å². The van der Waals surface area contributed by atoms with Crippen LogP contribution in [0.15, 0.2) is 48.7 Å². The highest BCUT2D eigenvalue weighted by atomic mass is 19.2. The Hall–Kier alpha value is -4.59. The Morgan fingerprint density at radius 1 is 1.10 bits per heavy atom. The smallest absolute Gasteiger partial charge is 0.306 e. The molecule has 4 aromatic rings. The summed E-state index contributed by atoms with van der Waals surface area (Å²) >= 11 is 0. The lowest BCUT2D eigenvalue weighted by Gasteiger charge is -2.28. The molecule has 8 nitrogen and oxygen atoms in total. The molecule has 0 bridgehead atoms. The second-order valence-electron chi connectivity index (χ2n) is 10.7. The molecule has 0 fully saturated rings. The van der Waals surface area contributed by atoms with Crippen molar-refractivity contribution in [3.8, 4) is 6.07 Å². The van der Waals surface area contributed by atoms with E-state index in [-0.39, 0.29) is 29.2 Å². The van der Waals surface area contributed by atoms with Crippen LogP contribution >= 0.6 is 0 Å². The summed E-state index contributed by atoms with van der Waals surface area (Å²) in [6, 6.07) is 11.0. The van der Waals surface area contributed by atoms with Gasteiger partial charge in [0.05, 0.1) is 35.4 Å². The summed E-state index contributed by atoms with van der Waals surface area (Å²) < 4.78 is 50.5. The predicted octanol–water partition coefficient (Wildman–Crippen LogP) is 7.00. The molecular weight excluding hydrogens is 533 g/mol. The lowest BCUT2D eigenvalue weighted by molar-refractivity contribution is -0.155. The maximum absolute atomic E-state index is 15.3. The van der Waals surface area contributed by atoms with Gasteiger partial charge in [-0.05, 0) is 69.5 Å². The highest BCUT2D eigenvalue weighted by molar-refractivity contribution is 5.93. The van der Waals surface area contributed by atoms with E-state index < -0.39 is 41.0 Å². The molecule has 41 heavy (non-hydrogen) atoms. The molecule has 0 spiro atoms. The van der Waals surface area contributed by atoms with Crippen LogP contribution in [-0.2, 0) is 16.1 Å². The quantitative estimate of drug-likeness (QED) is 0.211. The minimum absolute atomic E-state index is 0.0425. The fourth-order valence-corrected chi connectivity index (χ4v) is 4.53. The van der Waals surface area contributed by atoms with Crippen molar-refractivity contribution < 1.29 is 22.7 Å². The molecule has 0 aliphatic rings. The molecule has 2 aromatic carbocycles. The number of nitriles is 1. The zero-order valence-electron chi connectivity index (χ0n) is 23.4. The number of pyridine rings is 1. The van der Waals surface area contributed by atoms with Crippen molar-refractivity contribution in [1.29, 1.82) is 5.26 Å². The Balaban J connectivity index is 1.71. The number of carbonyl (C=O) groups is 1. The van der Waals surface area contributed by atoms with E-state index in [9.17, 15) is 18.8 Å². The van der Waals surface area contributed by atoms with Gasteiger partial charge in [0.15, 0.2) is 29.1 Å². The third kappa shape index (κ3) is 6.77. The molecule has 0 saturated heterocycles. The number of anilines is 3. The fourth-order valence-electron chi connectivity index (χ4n) is 4.53. The number of aryl methyl sites for hydroxylation is 1. The van der Waals surface area contributed by atoms with Gasteiger partial charge in [-0.25, -0.2) is 18.2 Å². The molecule has 0 aliphatic heterocycles. The molecule has 214 valence electrons. The molecule has 2 atom stereocenters. The van der Waals surface area contributed by atoms with Crippen molar-refractivity contribution >= 4 is 34.2 Å². The predicted molar refractivity (Wildman–Crippen MR) is 150 cm³/mol. The highest BCUT2D eigenvalue weighted by Crippen LogP contribution is 2.33. The van der Waals surface area contributed by atoms with Crippen molar-refractivity contribution in [2.45, 2.75) is 59.2 Å². The van der Waals surface area contributed by atoms with Crippen molar-refractivity contribution in [2.24, 2.45) is 5.92 Å². The summed E-state index contributed by atoms with van der Waals surface area (Å²) in [7, 11) is 0. The van der Waals surface area contributed by atoms with Gasteiger partial charge in [-0.3, -0.25) is 9.48 Å². The van der Waals surface area contributed by atoms with Gasteiger partial charge >= 0.3 is 5.97 Å². The first-order valence-corrected chi connectivity index (χ1v) is 13.2. The summed E-state index contributed by atoms with van der Waals surface area (Å²) in [6.45, 7) is 9.53. The number of rotatable bonds is 9. The molecule has 2 heterocycles. The maximum atomic E-state index is 15.3. The number of ether oxygens (including phenoxy) is 1. The summed E-state index contributed by atoms with van der Waals surface area (Å²) in [5.74, 6) is -4.18. The van der Waals surface area contributed by atoms with Crippen molar-refractivity contribution in [3.05, 3.63) is 77.2 Å². The number of halogens is 3. The lowest BCUT2D eigenvalue weighted by Crippen LogP contribution is -2.28. The van der Waals surface area contributed by atoms with Crippen LogP contribution < -0.4 is 10.6 Å². The summed E-state index contributed by atoms with van der Waals surface area (Å²) in [5.41, 5.74) is 0.987. The van der Waals surface area contributed by atoms with E-state index in [2.05, 4.69) is 20.7 Å². The van der Waals surface area contributed by atoms with Crippen LogP contribution in [0.25, 0.3) is 10.9 Å². The Morgan fingerprint density at radius 2 is 1.85 bits per heavy atom. The summed E-state index contributed by atoms with van der Waals surface area (Å²) in [6.07, 6.45) is 1.59. The molecule has 2 aromatic heterocycles. The number of benzene rings is 2. The highest BCUT2D eigenvalue weighted by Gasteiger charge is 2.27. The largest absolute Gasteiger partial charge is 0.460 e. The Morgan fingerprint density at radius 3 is 2.51 bits per heavy atom.